The van der Waals surface area contributed by atoms with E-state index >= 15 is 0 Å². The summed E-state index contributed by atoms with van der Waals surface area (Å²) >= 11 is 0. The second kappa shape index (κ2) is 8.50. The van der Waals surface area contributed by atoms with Crippen LogP contribution in [0.4, 0.5) is 0 Å². The summed E-state index contributed by atoms with van der Waals surface area (Å²) in [6, 6.07) is 1.86. The van der Waals surface area contributed by atoms with E-state index in [9.17, 15) is 14.7 Å². The van der Waals surface area contributed by atoms with Crippen LogP contribution < -0.4 is 0 Å². The number of carboxylic acids is 1. The van der Waals surface area contributed by atoms with Gasteiger partial charge in [-0.1, -0.05) is 13.8 Å². The molecule has 146 valence electrons. The summed E-state index contributed by atoms with van der Waals surface area (Å²) in [7, 11) is 0. The summed E-state index contributed by atoms with van der Waals surface area (Å²) in [4.78, 5) is 38.0. The number of aromatic amines is 1. The minimum atomic E-state index is -0.779. The third-order valence-corrected chi connectivity index (χ3v) is 5.76. The normalized spacial score (nSPS) is 20.3. The topological polar surface area (TPSA) is 99.2 Å². The Morgan fingerprint density at radius 2 is 2.11 bits per heavy atom. The van der Waals surface area contributed by atoms with Crippen LogP contribution in [0.25, 0.3) is 11.0 Å². The fourth-order valence-electron chi connectivity index (χ4n) is 4.16. The zero-order valence-corrected chi connectivity index (χ0v) is 16.0. The number of carbonyl (C=O) groups is 2. The largest absolute Gasteiger partial charge is 0.481 e. The summed E-state index contributed by atoms with van der Waals surface area (Å²) in [6.45, 7) is 5.34. The number of hydrogen-bond donors (Lipinski definition) is 2. The molecule has 0 saturated carbocycles. The van der Waals surface area contributed by atoms with Gasteiger partial charge in [0.05, 0.1) is 17.2 Å². The van der Waals surface area contributed by atoms with Gasteiger partial charge in [-0.3, -0.25) is 14.6 Å². The smallest absolute Gasteiger partial charge is 0.303 e. The molecule has 0 unspecified atom stereocenters. The van der Waals surface area contributed by atoms with Gasteiger partial charge in [0.1, 0.15) is 5.82 Å². The first-order valence-electron chi connectivity index (χ1n) is 9.81. The van der Waals surface area contributed by atoms with E-state index in [1.54, 1.807) is 12.4 Å². The third-order valence-electron chi connectivity index (χ3n) is 5.76. The number of nitrogens with zero attached hydrogens (tertiary/aromatic N) is 3. The molecular weight excluding hydrogens is 344 g/mol. The van der Waals surface area contributed by atoms with Crippen LogP contribution in [-0.2, 0) is 16.0 Å². The van der Waals surface area contributed by atoms with Gasteiger partial charge in [-0.05, 0) is 37.2 Å². The molecule has 7 nitrogen and oxygen atoms in total. The molecule has 2 atom stereocenters. The van der Waals surface area contributed by atoms with Gasteiger partial charge in [0.15, 0.2) is 0 Å². The van der Waals surface area contributed by atoms with Crippen LogP contribution >= 0.6 is 0 Å². The van der Waals surface area contributed by atoms with Crippen LogP contribution in [0.2, 0.25) is 0 Å². The minimum absolute atomic E-state index is 0.0546. The second-order valence-corrected chi connectivity index (χ2v) is 7.48. The van der Waals surface area contributed by atoms with Gasteiger partial charge < -0.3 is 15.0 Å². The Hall–Kier alpha value is -2.44. The summed E-state index contributed by atoms with van der Waals surface area (Å²) in [5.74, 6) is 0.446. The zero-order valence-electron chi connectivity index (χ0n) is 16.0. The fourth-order valence-corrected chi connectivity index (χ4v) is 4.16. The highest BCUT2D eigenvalue weighted by Gasteiger charge is 2.34. The highest BCUT2D eigenvalue weighted by Crippen LogP contribution is 2.31. The van der Waals surface area contributed by atoms with Crippen molar-refractivity contribution in [3.05, 3.63) is 24.3 Å². The predicted octanol–water partition coefficient (Wildman–Crippen LogP) is 2.88. The quantitative estimate of drug-likeness (QED) is 0.778. The maximum absolute atomic E-state index is 12.8. The van der Waals surface area contributed by atoms with Crippen LogP contribution in [0.3, 0.4) is 0 Å². The first kappa shape index (κ1) is 19.3. The Morgan fingerprint density at radius 3 is 2.78 bits per heavy atom. The van der Waals surface area contributed by atoms with Crippen LogP contribution in [0.5, 0.6) is 0 Å². The number of hydrogen-bond acceptors (Lipinski definition) is 4. The van der Waals surface area contributed by atoms with Gasteiger partial charge in [-0.15, -0.1) is 0 Å². The maximum Gasteiger partial charge on any atom is 0.303 e. The summed E-state index contributed by atoms with van der Waals surface area (Å²) in [5.41, 5.74) is 1.73. The number of imidazole rings is 1. The molecule has 3 rings (SSSR count). The number of nitrogens with one attached hydrogen (secondary N) is 1. The van der Waals surface area contributed by atoms with E-state index in [4.69, 9.17) is 0 Å². The van der Waals surface area contributed by atoms with Gasteiger partial charge >= 0.3 is 5.97 Å². The number of carboxylic acid groups (broad SMARTS) is 1. The Bertz CT molecular complexity index is 766. The van der Waals surface area contributed by atoms with E-state index in [0.717, 1.165) is 36.1 Å². The van der Waals surface area contributed by atoms with E-state index in [0.29, 0.717) is 19.5 Å². The number of piperidine rings is 1. The Balaban J connectivity index is 1.77. The van der Waals surface area contributed by atoms with Crippen molar-refractivity contribution in [2.24, 2.45) is 17.8 Å². The van der Waals surface area contributed by atoms with Crippen molar-refractivity contribution in [3.63, 3.8) is 0 Å². The summed E-state index contributed by atoms with van der Waals surface area (Å²) < 4.78 is 0. The lowest BCUT2D eigenvalue weighted by Crippen LogP contribution is -2.47. The lowest BCUT2D eigenvalue weighted by atomic mass is 9.80. The molecule has 1 saturated heterocycles. The van der Waals surface area contributed by atoms with E-state index < -0.39 is 5.97 Å². The average molecular weight is 372 g/mol. The first-order chi connectivity index (χ1) is 13.0. The van der Waals surface area contributed by atoms with Crippen molar-refractivity contribution in [3.8, 4) is 0 Å². The van der Waals surface area contributed by atoms with Gasteiger partial charge in [-0.2, -0.15) is 0 Å². The van der Waals surface area contributed by atoms with Crippen LogP contribution in [0.1, 0.15) is 45.4 Å². The van der Waals surface area contributed by atoms with Crippen molar-refractivity contribution < 1.29 is 14.7 Å². The van der Waals surface area contributed by atoms with Gasteiger partial charge in [-0.25, -0.2) is 4.98 Å². The van der Waals surface area contributed by atoms with Crippen molar-refractivity contribution >= 4 is 22.9 Å². The van der Waals surface area contributed by atoms with Gasteiger partial charge in [0.2, 0.25) is 5.91 Å². The molecule has 2 aromatic rings. The summed E-state index contributed by atoms with van der Waals surface area (Å²) in [6.07, 6.45) is 6.63. The average Bonchev–Trinajstić information content (AvgIpc) is 3.06. The standard InChI is InChI=1S/C20H28N4O3/c1-3-13(4-2)20(27)24-8-6-14(10-19(25)26)15(12-24)9-18-22-16-5-7-21-11-17(16)23-18/h5,7,11,13-15H,3-4,6,8-10,12H2,1-2H3,(H,22,23)(H,25,26)/t14-,15-/m0/s1. The molecule has 27 heavy (non-hydrogen) atoms. The first-order valence-corrected chi connectivity index (χ1v) is 9.81. The number of amides is 1. The molecule has 1 aliphatic heterocycles. The van der Waals surface area contributed by atoms with Crippen molar-refractivity contribution in [2.75, 3.05) is 13.1 Å². The highest BCUT2D eigenvalue weighted by atomic mass is 16.4. The summed E-state index contributed by atoms with van der Waals surface area (Å²) in [5, 5.41) is 9.29. The fraction of sp³-hybridized carbons (Fsp3) is 0.600. The number of carbonyl (C=O) groups excluding carboxylic acids is 1. The molecule has 0 radical (unpaired) electrons. The molecule has 0 spiro atoms. The minimum Gasteiger partial charge on any atom is -0.481 e. The van der Waals surface area contributed by atoms with Crippen molar-refractivity contribution in [1.82, 2.24) is 19.9 Å². The molecule has 0 bridgehead atoms. The highest BCUT2D eigenvalue weighted by molar-refractivity contribution is 5.79. The van der Waals surface area contributed by atoms with Gasteiger partial charge in [0.25, 0.3) is 0 Å². The number of fused-ring (bicyclic) bond motifs is 1. The maximum atomic E-state index is 12.8. The molecule has 2 N–H and O–H groups in total. The van der Waals surface area contributed by atoms with Crippen molar-refractivity contribution in [2.45, 2.75) is 46.0 Å². The van der Waals surface area contributed by atoms with Crippen LogP contribution in [0, 0.1) is 17.8 Å². The van der Waals surface area contributed by atoms with Crippen molar-refractivity contribution in [1.29, 1.82) is 0 Å². The third kappa shape index (κ3) is 4.46. The zero-order chi connectivity index (χ0) is 19.4. The number of aliphatic carboxylic acids is 1. The van der Waals surface area contributed by atoms with E-state index in [2.05, 4.69) is 15.0 Å². The van der Waals surface area contributed by atoms with Crippen LogP contribution in [0.15, 0.2) is 18.5 Å². The number of pyridine rings is 1. The molecular formula is C20H28N4O3. The number of H-pyrrole nitrogens is 1. The molecule has 1 fully saturated rings. The molecule has 0 aliphatic carbocycles. The number of aromatic nitrogens is 3. The Labute approximate surface area is 159 Å². The molecule has 2 aromatic heterocycles. The van der Waals surface area contributed by atoms with Gasteiger partial charge in [0, 0.05) is 38.0 Å². The molecule has 1 amide bonds. The van der Waals surface area contributed by atoms with E-state index in [1.165, 1.54) is 0 Å². The Kier molecular flexibility index (Phi) is 6.08. The molecule has 0 aromatic carbocycles. The molecule has 7 heteroatoms. The monoisotopic (exact) mass is 372 g/mol. The molecule has 1 aliphatic rings. The number of likely N-dealkylation sites (tertiary alicyclic amines) is 1. The SMILES string of the molecule is CCC(CC)C(=O)N1CC[C@@H](CC(=O)O)[C@@H](Cc2nc3ccncc3[nH]2)C1. The number of rotatable bonds is 7. The lowest BCUT2D eigenvalue weighted by molar-refractivity contribution is -0.141. The van der Waals surface area contributed by atoms with E-state index in [-0.39, 0.29) is 30.1 Å². The predicted molar refractivity (Wildman–Crippen MR) is 102 cm³/mol. The van der Waals surface area contributed by atoms with E-state index in [1.807, 2.05) is 24.8 Å². The second-order valence-electron chi connectivity index (χ2n) is 7.48. The molecule has 3 heterocycles. The lowest BCUT2D eigenvalue weighted by Gasteiger charge is -2.39. The van der Waals surface area contributed by atoms with Crippen LogP contribution in [-0.4, -0.2) is 49.9 Å². The Morgan fingerprint density at radius 1 is 1.33 bits per heavy atom.